The van der Waals surface area contributed by atoms with Crippen molar-refractivity contribution in [3.63, 3.8) is 0 Å². The van der Waals surface area contributed by atoms with Crippen molar-refractivity contribution in [1.29, 1.82) is 0 Å². The maximum Gasteiger partial charge on any atom is 0.340 e. The monoisotopic (exact) mass is 368 g/mol. The van der Waals surface area contributed by atoms with Gasteiger partial charge >= 0.3 is 5.97 Å². The lowest BCUT2D eigenvalue weighted by Gasteiger charge is -2.29. The summed E-state index contributed by atoms with van der Waals surface area (Å²) in [7, 11) is 0. The zero-order valence-electron chi connectivity index (χ0n) is 15.2. The molecule has 1 N–H and O–H groups in total. The largest absolute Gasteiger partial charge is 0.482 e. The number of amides is 2. The van der Waals surface area contributed by atoms with Gasteiger partial charge in [0, 0.05) is 0 Å². The molecule has 1 aliphatic heterocycles. The second-order valence-corrected chi connectivity index (χ2v) is 6.05. The molecule has 0 saturated carbocycles. The summed E-state index contributed by atoms with van der Waals surface area (Å²) in [5.74, 6) is -0.687. The average molecular weight is 368 g/mol. The highest BCUT2D eigenvalue weighted by Crippen LogP contribution is 2.32. The van der Waals surface area contributed by atoms with Crippen LogP contribution in [0.3, 0.4) is 0 Å². The zero-order chi connectivity index (χ0) is 19.4. The molecule has 140 valence electrons. The number of benzene rings is 2. The molecule has 0 aliphatic carbocycles. The van der Waals surface area contributed by atoms with Gasteiger partial charge in [0.25, 0.3) is 5.91 Å². The van der Waals surface area contributed by atoms with Gasteiger partial charge in [0.2, 0.25) is 5.91 Å². The van der Waals surface area contributed by atoms with Crippen LogP contribution in [0.4, 0.5) is 11.4 Å². The smallest absolute Gasteiger partial charge is 0.340 e. The van der Waals surface area contributed by atoms with Gasteiger partial charge in [-0.05, 0) is 43.7 Å². The van der Waals surface area contributed by atoms with Gasteiger partial charge in [0.15, 0.2) is 6.61 Å². The van der Waals surface area contributed by atoms with Crippen molar-refractivity contribution in [1.82, 2.24) is 0 Å². The van der Waals surface area contributed by atoms with Gasteiger partial charge in [-0.15, -0.1) is 0 Å². The minimum Gasteiger partial charge on any atom is -0.482 e. The van der Waals surface area contributed by atoms with E-state index in [0.717, 1.165) is 5.56 Å². The topological polar surface area (TPSA) is 84.9 Å². The predicted octanol–water partition coefficient (Wildman–Crippen LogP) is 2.54. The third-order valence-corrected chi connectivity index (χ3v) is 4.06. The Hall–Kier alpha value is -3.35. The van der Waals surface area contributed by atoms with E-state index in [1.54, 1.807) is 43.3 Å². The minimum absolute atomic E-state index is 0.122. The maximum atomic E-state index is 12.6. The minimum atomic E-state index is -0.517. The van der Waals surface area contributed by atoms with Gasteiger partial charge in [-0.2, -0.15) is 0 Å². The molecule has 0 fully saturated rings. The van der Waals surface area contributed by atoms with Crippen LogP contribution in [0, 0.1) is 6.92 Å². The first kappa shape index (κ1) is 18.4. The first-order valence-corrected chi connectivity index (χ1v) is 8.59. The van der Waals surface area contributed by atoms with E-state index in [1.165, 1.54) is 4.90 Å². The van der Waals surface area contributed by atoms with E-state index in [2.05, 4.69) is 5.32 Å². The van der Waals surface area contributed by atoms with E-state index >= 15 is 0 Å². The fourth-order valence-electron chi connectivity index (χ4n) is 2.80. The third kappa shape index (κ3) is 4.08. The SMILES string of the molecule is CCOC(=O)c1ccccc1NC(=O)CN1C(=O)COc2ccc(C)cc21. The number of anilines is 2. The maximum absolute atomic E-state index is 12.6. The standard InChI is InChI=1S/C20H20N2O5/c1-3-26-20(25)14-6-4-5-7-15(14)21-18(23)11-22-16-10-13(2)8-9-17(16)27-12-19(22)24/h4-10H,3,11-12H2,1-2H3,(H,21,23). The second kappa shape index (κ2) is 7.90. The van der Waals surface area contributed by atoms with Crippen molar-refractivity contribution in [2.75, 3.05) is 30.0 Å². The molecule has 0 aromatic heterocycles. The van der Waals surface area contributed by atoms with Gasteiger partial charge in [0.1, 0.15) is 12.3 Å². The molecule has 1 aliphatic rings. The molecular weight excluding hydrogens is 348 g/mol. The number of aryl methyl sites for hydroxylation is 1. The highest BCUT2D eigenvalue weighted by Gasteiger charge is 2.27. The van der Waals surface area contributed by atoms with Crippen LogP contribution in [0.5, 0.6) is 5.75 Å². The highest BCUT2D eigenvalue weighted by atomic mass is 16.5. The molecule has 1 heterocycles. The molecule has 0 atom stereocenters. The third-order valence-electron chi connectivity index (χ3n) is 4.06. The molecule has 2 amide bonds. The van der Waals surface area contributed by atoms with Crippen LogP contribution in [0.15, 0.2) is 42.5 Å². The van der Waals surface area contributed by atoms with Gasteiger partial charge in [-0.3, -0.25) is 14.5 Å². The molecule has 7 nitrogen and oxygen atoms in total. The lowest BCUT2D eigenvalue weighted by molar-refractivity contribution is -0.123. The lowest BCUT2D eigenvalue weighted by atomic mass is 10.1. The molecule has 27 heavy (non-hydrogen) atoms. The summed E-state index contributed by atoms with van der Waals surface area (Å²) in [6.45, 7) is 3.54. The first-order valence-electron chi connectivity index (χ1n) is 8.59. The summed E-state index contributed by atoms with van der Waals surface area (Å²) in [5.41, 5.74) is 2.11. The molecule has 7 heteroatoms. The van der Waals surface area contributed by atoms with Crippen molar-refractivity contribution in [3.05, 3.63) is 53.6 Å². The molecule has 0 bridgehead atoms. The molecule has 2 aromatic rings. The second-order valence-electron chi connectivity index (χ2n) is 6.05. The number of para-hydroxylation sites is 1. The Morgan fingerprint density at radius 1 is 1.22 bits per heavy atom. The van der Waals surface area contributed by atoms with Crippen LogP contribution in [-0.4, -0.2) is 37.5 Å². The van der Waals surface area contributed by atoms with Gasteiger partial charge in [0.05, 0.1) is 23.5 Å². The Morgan fingerprint density at radius 3 is 2.78 bits per heavy atom. The summed E-state index contributed by atoms with van der Waals surface area (Å²) in [6, 6.07) is 12.0. The van der Waals surface area contributed by atoms with Crippen LogP contribution in [0.25, 0.3) is 0 Å². The van der Waals surface area contributed by atoms with Gasteiger partial charge < -0.3 is 14.8 Å². The summed E-state index contributed by atoms with van der Waals surface area (Å²) in [5, 5.41) is 2.69. The van der Waals surface area contributed by atoms with Crippen LogP contribution in [0.1, 0.15) is 22.8 Å². The number of hydrogen-bond donors (Lipinski definition) is 1. The van der Waals surface area contributed by atoms with Crippen molar-refractivity contribution < 1.29 is 23.9 Å². The molecule has 0 radical (unpaired) electrons. The Labute approximate surface area is 156 Å². The highest BCUT2D eigenvalue weighted by molar-refractivity contribution is 6.07. The Morgan fingerprint density at radius 2 is 2.00 bits per heavy atom. The number of fused-ring (bicyclic) bond motifs is 1. The Bertz CT molecular complexity index is 894. The quantitative estimate of drug-likeness (QED) is 0.820. The number of nitrogens with one attached hydrogen (secondary N) is 1. The van der Waals surface area contributed by atoms with Crippen LogP contribution >= 0.6 is 0 Å². The summed E-state index contributed by atoms with van der Waals surface area (Å²) < 4.78 is 10.4. The van der Waals surface area contributed by atoms with Crippen LogP contribution in [-0.2, 0) is 14.3 Å². The molecular formula is C20H20N2O5. The van der Waals surface area contributed by atoms with E-state index in [4.69, 9.17) is 9.47 Å². The normalized spacial score (nSPS) is 12.8. The Kier molecular flexibility index (Phi) is 5.40. The van der Waals surface area contributed by atoms with Gasteiger partial charge in [-0.1, -0.05) is 18.2 Å². The van der Waals surface area contributed by atoms with E-state index in [9.17, 15) is 14.4 Å². The summed E-state index contributed by atoms with van der Waals surface area (Å²) in [4.78, 5) is 38.2. The van der Waals surface area contributed by atoms with E-state index in [0.29, 0.717) is 17.1 Å². The Balaban J connectivity index is 1.79. The molecule has 0 spiro atoms. The van der Waals surface area contributed by atoms with Crippen molar-refractivity contribution in [2.45, 2.75) is 13.8 Å². The molecule has 0 saturated heterocycles. The van der Waals surface area contributed by atoms with Gasteiger partial charge in [-0.25, -0.2) is 4.79 Å². The number of carbonyl (C=O) groups excluding carboxylic acids is 3. The number of carbonyl (C=O) groups is 3. The molecule has 0 unspecified atom stereocenters. The number of ether oxygens (including phenoxy) is 2. The van der Waals surface area contributed by atoms with Crippen LogP contribution < -0.4 is 15.0 Å². The molecule has 3 rings (SSSR count). The van der Waals surface area contributed by atoms with Crippen molar-refractivity contribution in [2.24, 2.45) is 0 Å². The first-order chi connectivity index (χ1) is 13.0. The van der Waals surface area contributed by atoms with Crippen molar-refractivity contribution in [3.8, 4) is 5.75 Å². The van der Waals surface area contributed by atoms with E-state index in [-0.39, 0.29) is 31.2 Å². The summed E-state index contributed by atoms with van der Waals surface area (Å²) in [6.07, 6.45) is 0. The number of hydrogen-bond acceptors (Lipinski definition) is 5. The van der Waals surface area contributed by atoms with Crippen molar-refractivity contribution >= 4 is 29.2 Å². The van der Waals surface area contributed by atoms with E-state index < -0.39 is 11.9 Å². The predicted molar refractivity (Wildman–Crippen MR) is 100 cm³/mol. The number of rotatable bonds is 5. The molecule has 2 aromatic carbocycles. The fraction of sp³-hybridized carbons (Fsp3) is 0.250. The summed E-state index contributed by atoms with van der Waals surface area (Å²) >= 11 is 0. The van der Waals surface area contributed by atoms with E-state index in [1.807, 2.05) is 13.0 Å². The number of nitrogens with zero attached hydrogens (tertiary/aromatic N) is 1. The fourth-order valence-corrected chi connectivity index (χ4v) is 2.80. The number of esters is 1. The zero-order valence-corrected chi connectivity index (χ0v) is 15.2. The lowest BCUT2D eigenvalue weighted by Crippen LogP contribution is -2.43. The van der Waals surface area contributed by atoms with Crippen LogP contribution in [0.2, 0.25) is 0 Å². The average Bonchev–Trinajstić information content (AvgIpc) is 2.65.